The van der Waals surface area contributed by atoms with Gasteiger partial charge in [-0.25, -0.2) is 10.5 Å². The second-order valence-electron chi connectivity index (χ2n) is 4.16. The van der Waals surface area contributed by atoms with Crippen LogP contribution in [0.4, 0.5) is 11.9 Å². The highest BCUT2D eigenvalue weighted by atomic mass is 16.2. The molecule has 0 saturated carbocycles. The van der Waals surface area contributed by atoms with Crippen LogP contribution < -0.4 is 21.5 Å². The molecule has 0 atom stereocenters. The maximum absolute atomic E-state index is 11.6. The highest BCUT2D eigenvalue weighted by Crippen LogP contribution is 2.10. The molecule has 0 aromatic carbocycles. The van der Waals surface area contributed by atoms with Crippen LogP contribution in [0.3, 0.4) is 0 Å². The SMILES string of the molecule is CCNC(=O)CN(C)c1nc(NN)nc(-n2cccn2)n1. The first kappa shape index (κ1) is 14.7. The normalized spacial score (nSPS) is 10.2. The number of likely N-dealkylation sites (N-methyl/N-ethyl adjacent to an activating group) is 2. The molecule has 0 spiro atoms. The van der Waals surface area contributed by atoms with Crippen molar-refractivity contribution in [2.75, 3.05) is 30.5 Å². The van der Waals surface area contributed by atoms with Crippen LogP contribution in [-0.2, 0) is 4.79 Å². The molecule has 0 saturated heterocycles. The summed E-state index contributed by atoms with van der Waals surface area (Å²) in [7, 11) is 1.71. The van der Waals surface area contributed by atoms with Crippen molar-refractivity contribution in [3.63, 3.8) is 0 Å². The van der Waals surface area contributed by atoms with E-state index < -0.39 is 0 Å². The van der Waals surface area contributed by atoms with Crippen LogP contribution in [0.2, 0.25) is 0 Å². The Morgan fingerprint density at radius 2 is 2.24 bits per heavy atom. The van der Waals surface area contributed by atoms with Crippen LogP contribution in [0.25, 0.3) is 5.95 Å². The number of anilines is 2. The number of hydrazine groups is 1. The number of aromatic nitrogens is 5. The maximum atomic E-state index is 11.6. The molecule has 10 nitrogen and oxygen atoms in total. The third-order valence-corrected chi connectivity index (χ3v) is 2.55. The van der Waals surface area contributed by atoms with Gasteiger partial charge in [0.1, 0.15) is 0 Å². The zero-order chi connectivity index (χ0) is 15.2. The summed E-state index contributed by atoms with van der Waals surface area (Å²) in [5, 5.41) is 6.76. The number of nitrogens with one attached hydrogen (secondary N) is 2. The molecule has 0 bridgehead atoms. The van der Waals surface area contributed by atoms with Gasteiger partial charge >= 0.3 is 0 Å². The predicted octanol–water partition coefficient (Wildman–Crippen LogP) is -1.08. The highest BCUT2D eigenvalue weighted by molar-refractivity contribution is 5.80. The molecule has 112 valence electrons. The van der Waals surface area contributed by atoms with Crippen molar-refractivity contribution >= 4 is 17.8 Å². The minimum Gasteiger partial charge on any atom is -0.355 e. The van der Waals surface area contributed by atoms with Gasteiger partial charge in [0, 0.05) is 26.0 Å². The van der Waals surface area contributed by atoms with Gasteiger partial charge in [-0.3, -0.25) is 10.2 Å². The Labute approximate surface area is 121 Å². The largest absolute Gasteiger partial charge is 0.355 e. The first-order valence-electron chi connectivity index (χ1n) is 6.34. The molecular weight excluding hydrogens is 274 g/mol. The summed E-state index contributed by atoms with van der Waals surface area (Å²) in [6, 6.07) is 1.75. The first-order chi connectivity index (χ1) is 10.1. The van der Waals surface area contributed by atoms with E-state index in [1.807, 2.05) is 6.92 Å². The zero-order valence-electron chi connectivity index (χ0n) is 11.8. The monoisotopic (exact) mass is 291 g/mol. The number of hydrogen-bond donors (Lipinski definition) is 3. The zero-order valence-corrected chi connectivity index (χ0v) is 11.8. The Balaban J connectivity index is 2.26. The Bertz CT molecular complexity index is 598. The molecule has 1 amide bonds. The van der Waals surface area contributed by atoms with Crippen molar-refractivity contribution in [2.45, 2.75) is 6.92 Å². The molecule has 2 aromatic rings. The van der Waals surface area contributed by atoms with E-state index in [1.54, 1.807) is 30.4 Å². The van der Waals surface area contributed by atoms with Crippen molar-refractivity contribution in [1.29, 1.82) is 0 Å². The van der Waals surface area contributed by atoms with Gasteiger partial charge in [-0.2, -0.15) is 20.1 Å². The summed E-state index contributed by atoms with van der Waals surface area (Å²) in [6.07, 6.45) is 3.31. The fraction of sp³-hybridized carbons (Fsp3) is 0.364. The number of carbonyl (C=O) groups is 1. The number of rotatable bonds is 6. The van der Waals surface area contributed by atoms with Crippen molar-refractivity contribution in [2.24, 2.45) is 5.84 Å². The summed E-state index contributed by atoms with van der Waals surface area (Å²) >= 11 is 0. The molecule has 0 aliphatic heterocycles. The lowest BCUT2D eigenvalue weighted by Crippen LogP contribution is -2.36. The molecule has 10 heteroatoms. The Morgan fingerprint density at radius 3 is 2.86 bits per heavy atom. The van der Waals surface area contributed by atoms with Crippen LogP contribution in [0.15, 0.2) is 18.5 Å². The Kier molecular flexibility index (Phi) is 4.61. The van der Waals surface area contributed by atoms with Gasteiger partial charge in [-0.1, -0.05) is 0 Å². The summed E-state index contributed by atoms with van der Waals surface area (Å²) < 4.78 is 1.48. The minimum atomic E-state index is -0.122. The number of nitrogen functional groups attached to an aromatic ring is 1. The van der Waals surface area contributed by atoms with Crippen LogP contribution in [0, 0.1) is 0 Å². The second-order valence-corrected chi connectivity index (χ2v) is 4.16. The lowest BCUT2D eigenvalue weighted by Gasteiger charge is -2.17. The second kappa shape index (κ2) is 6.61. The van der Waals surface area contributed by atoms with Gasteiger partial charge in [0.15, 0.2) is 0 Å². The van der Waals surface area contributed by atoms with Crippen molar-refractivity contribution in [3.05, 3.63) is 18.5 Å². The molecule has 21 heavy (non-hydrogen) atoms. The minimum absolute atomic E-state index is 0.122. The molecule has 0 fully saturated rings. The molecular formula is C11H17N9O. The molecule has 2 aromatic heterocycles. The van der Waals surface area contributed by atoms with Crippen LogP contribution in [-0.4, -0.2) is 50.8 Å². The fourth-order valence-electron chi connectivity index (χ4n) is 1.62. The quantitative estimate of drug-likeness (QED) is 0.453. The van der Waals surface area contributed by atoms with Crippen LogP contribution in [0.1, 0.15) is 6.92 Å². The topological polar surface area (TPSA) is 127 Å². The number of hydrogen-bond acceptors (Lipinski definition) is 8. The van der Waals surface area contributed by atoms with Crippen LogP contribution >= 0.6 is 0 Å². The number of amides is 1. The molecule has 4 N–H and O–H groups in total. The van der Waals surface area contributed by atoms with E-state index in [1.165, 1.54) is 4.68 Å². The van der Waals surface area contributed by atoms with Gasteiger partial charge in [-0.05, 0) is 13.0 Å². The van der Waals surface area contributed by atoms with Gasteiger partial charge < -0.3 is 10.2 Å². The fourth-order valence-corrected chi connectivity index (χ4v) is 1.62. The lowest BCUT2D eigenvalue weighted by molar-refractivity contribution is -0.119. The standard InChI is InChI=1S/C11H17N9O/c1-3-13-8(21)7-19(2)10-15-9(18-12)16-11(17-10)20-6-4-5-14-20/h4-6H,3,7,12H2,1-2H3,(H,13,21)(H,15,16,17,18). The molecule has 0 aliphatic rings. The summed E-state index contributed by atoms with van der Waals surface area (Å²) in [5.74, 6) is 6.05. The first-order valence-corrected chi connectivity index (χ1v) is 6.34. The van der Waals surface area contributed by atoms with Gasteiger partial charge in [0.05, 0.1) is 6.54 Å². The van der Waals surface area contributed by atoms with E-state index in [0.717, 1.165) is 0 Å². The van der Waals surface area contributed by atoms with E-state index in [-0.39, 0.29) is 18.4 Å². The highest BCUT2D eigenvalue weighted by Gasteiger charge is 2.13. The van der Waals surface area contributed by atoms with Crippen LogP contribution in [0.5, 0.6) is 0 Å². The molecule has 0 radical (unpaired) electrons. The Hall–Kier alpha value is -2.75. The predicted molar refractivity (Wildman–Crippen MR) is 76.7 cm³/mol. The third-order valence-electron chi connectivity index (χ3n) is 2.55. The molecule has 2 heterocycles. The van der Waals surface area contributed by atoms with E-state index in [4.69, 9.17) is 5.84 Å². The van der Waals surface area contributed by atoms with Crippen molar-refractivity contribution < 1.29 is 4.79 Å². The van der Waals surface area contributed by atoms with Gasteiger partial charge in [-0.15, -0.1) is 0 Å². The molecule has 0 aliphatic carbocycles. The van der Waals surface area contributed by atoms with E-state index in [2.05, 4.69) is 30.8 Å². The van der Waals surface area contributed by atoms with Gasteiger partial charge in [0.2, 0.25) is 17.8 Å². The van der Waals surface area contributed by atoms with E-state index >= 15 is 0 Å². The molecule has 2 rings (SSSR count). The third kappa shape index (κ3) is 3.63. The number of nitrogens with two attached hydrogens (primary N) is 1. The lowest BCUT2D eigenvalue weighted by atomic mass is 10.5. The van der Waals surface area contributed by atoms with Crippen molar-refractivity contribution in [3.8, 4) is 5.95 Å². The maximum Gasteiger partial charge on any atom is 0.257 e. The van der Waals surface area contributed by atoms with Crippen molar-refractivity contribution in [1.82, 2.24) is 30.0 Å². The molecule has 0 unspecified atom stereocenters. The van der Waals surface area contributed by atoms with E-state index in [9.17, 15) is 4.79 Å². The average molecular weight is 291 g/mol. The summed E-state index contributed by atoms with van der Waals surface area (Å²) in [6.45, 7) is 2.55. The van der Waals surface area contributed by atoms with E-state index in [0.29, 0.717) is 18.4 Å². The smallest absolute Gasteiger partial charge is 0.257 e. The summed E-state index contributed by atoms with van der Waals surface area (Å²) in [5.41, 5.74) is 2.37. The number of nitrogens with zero attached hydrogens (tertiary/aromatic N) is 6. The number of carbonyl (C=O) groups excluding carboxylic acids is 1. The average Bonchev–Trinajstić information content (AvgIpc) is 3.01. The summed E-state index contributed by atoms with van der Waals surface area (Å²) in [4.78, 5) is 25.7. The Morgan fingerprint density at radius 1 is 1.43 bits per heavy atom. The van der Waals surface area contributed by atoms with Gasteiger partial charge in [0.25, 0.3) is 5.95 Å².